The van der Waals surface area contributed by atoms with Crippen molar-refractivity contribution in [3.8, 4) is 0 Å². The molecule has 1 aromatic rings. The molecular formula is C14H20ClN3OS. The molecule has 0 spiro atoms. The fourth-order valence-electron chi connectivity index (χ4n) is 2.25. The van der Waals surface area contributed by atoms with Crippen molar-refractivity contribution in [2.75, 3.05) is 24.2 Å². The summed E-state index contributed by atoms with van der Waals surface area (Å²) in [5.41, 5.74) is 0.531. The third-order valence-electron chi connectivity index (χ3n) is 3.59. The van der Waals surface area contributed by atoms with E-state index in [-0.39, 0.29) is 11.9 Å². The monoisotopic (exact) mass is 313 g/mol. The van der Waals surface area contributed by atoms with Crippen molar-refractivity contribution in [1.29, 1.82) is 0 Å². The van der Waals surface area contributed by atoms with Crippen LogP contribution in [0.4, 0.5) is 5.82 Å². The van der Waals surface area contributed by atoms with Gasteiger partial charge in [-0.2, -0.15) is 11.8 Å². The average molecular weight is 314 g/mol. The van der Waals surface area contributed by atoms with Gasteiger partial charge in [0.2, 0.25) is 0 Å². The molecule has 2 heterocycles. The number of nitrogens with zero attached hydrogens (tertiary/aromatic N) is 2. The number of anilines is 1. The van der Waals surface area contributed by atoms with Gasteiger partial charge in [0.05, 0.1) is 10.6 Å². The number of hydrogen-bond acceptors (Lipinski definition) is 4. The Morgan fingerprint density at radius 1 is 1.60 bits per heavy atom. The SMILES string of the molecule is CCNc1cc(C(=O)N2CCSC(C)C2C)c(Cl)cn1. The quantitative estimate of drug-likeness (QED) is 0.931. The predicted octanol–water partition coefficient (Wildman–Crippen LogP) is 3.13. The van der Waals surface area contributed by atoms with Crippen LogP contribution in [0.2, 0.25) is 5.02 Å². The van der Waals surface area contributed by atoms with Gasteiger partial charge >= 0.3 is 0 Å². The van der Waals surface area contributed by atoms with Crippen LogP contribution in [-0.4, -0.2) is 45.9 Å². The highest BCUT2D eigenvalue weighted by Crippen LogP contribution is 2.27. The second kappa shape index (κ2) is 6.68. The number of thioether (sulfide) groups is 1. The number of aromatic nitrogens is 1. The summed E-state index contributed by atoms with van der Waals surface area (Å²) < 4.78 is 0. The Balaban J connectivity index is 2.25. The van der Waals surface area contributed by atoms with Gasteiger partial charge in [-0.3, -0.25) is 4.79 Å². The van der Waals surface area contributed by atoms with Gasteiger partial charge in [-0.25, -0.2) is 4.98 Å². The number of rotatable bonds is 3. The van der Waals surface area contributed by atoms with E-state index in [0.717, 1.165) is 18.8 Å². The number of amides is 1. The zero-order valence-electron chi connectivity index (χ0n) is 12.0. The van der Waals surface area contributed by atoms with Gasteiger partial charge in [0.25, 0.3) is 5.91 Å². The zero-order chi connectivity index (χ0) is 14.7. The van der Waals surface area contributed by atoms with Gasteiger partial charge in [0, 0.05) is 36.3 Å². The molecule has 6 heteroatoms. The number of hydrogen-bond donors (Lipinski definition) is 1. The third kappa shape index (κ3) is 3.20. The van der Waals surface area contributed by atoms with Crippen molar-refractivity contribution in [3.05, 3.63) is 22.8 Å². The van der Waals surface area contributed by atoms with Crippen LogP contribution in [-0.2, 0) is 0 Å². The van der Waals surface area contributed by atoms with Crippen LogP contribution in [0, 0.1) is 0 Å². The molecule has 0 radical (unpaired) electrons. The fraction of sp³-hybridized carbons (Fsp3) is 0.571. The molecule has 1 aliphatic rings. The van der Waals surface area contributed by atoms with Crippen LogP contribution in [0.15, 0.2) is 12.3 Å². The molecule has 1 saturated heterocycles. The summed E-state index contributed by atoms with van der Waals surface area (Å²) >= 11 is 8.06. The maximum atomic E-state index is 12.7. The molecule has 2 rings (SSSR count). The molecule has 2 unspecified atom stereocenters. The third-order valence-corrected chi connectivity index (χ3v) is 5.23. The van der Waals surface area contributed by atoms with Crippen molar-refractivity contribution in [2.24, 2.45) is 0 Å². The molecule has 110 valence electrons. The summed E-state index contributed by atoms with van der Waals surface area (Å²) in [5, 5.41) is 3.97. The Morgan fingerprint density at radius 2 is 2.35 bits per heavy atom. The molecule has 2 atom stereocenters. The largest absolute Gasteiger partial charge is 0.370 e. The molecule has 1 aromatic heterocycles. The van der Waals surface area contributed by atoms with Crippen LogP contribution in [0.25, 0.3) is 0 Å². The van der Waals surface area contributed by atoms with Crippen molar-refractivity contribution < 1.29 is 4.79 Å². The Hall–Kier alpha value is -0.940. The first-order valence-electron chi connectivity index (χ1n) is 6.86. The van der Waals surface area contributed by atoms with Crippen LogP contribution in [0.3, 0.4) is 0 Å². The van der Waals surface area contributed by atoms with Crippen molar-refractivity contribution in [1.82, 2.24) is 9.88 Å². The number of nitrogens with one attached hydrogen (secondary N) is 1. The summed E-state index contributed by atoms with van der Waals surface area (Å²) in [6, 6.07) is 1.96. The van der Waals surface area contributed by atoms with Crippen LogP contribution in [0.5, 0.6) is 0 Å². The normalized spacial score (nSPS) is 22.7. The van der Waals surface area contributed by atoms with Crippen molar-refractivity contribution in [3.63, 3.8) is 0 Å². The number of carbonyl (C=O) groups is 1. The first-order chi connectivity index (χ1) is 9.54. The van der Waals surface area contributed by atoms with Gasteiger partial charge in [-0.15, -0.1) is 0 Å². The second-order valence-corrected chi connectivity index (χ2v) is 6.79. The van der Waals surface area contributed by atoms with Crippen LogP contribution in [0.1, 0.15) is 31.1 Å². The molecule has 1 N–H and O–H groups in total. The molecule has 0 aliphatic carbocycles. The molecular weight excluding hydrogens is 294 g/mol. The first kappa shape index (κ1) is 15.4. The molecule has 0 bridgehead atoms. The van der Waals surface area contributed by atoms with E-state index < -0.39 is 0 Å². The van der Waals surface area contributed by atoms with Gasteiger partial charge < -0.3 is 10.2 Å². The van der Waals surface area contributed by atoms with Crippen LogP contribution >= 0.6 is 23.4 Å². The summed E-state index contributed by atoms with van der Waals surface area (Å²) in [4.78, 5) is 18.8. The summed E-state index contributed by atoms with van der Waals surface area (Å²) in [6.45, 7) is 7.77. The summed E-state index contributed by atoms with van der Waals surface area (Å²) in [5.74, 6) is 1.66. The minimum absolute atomic E-state index is 0.00352. The van der Waals surface area contributed by atoms with E-state index in [1.165, 1.54) is 0 Å². The topological polar surface area (TPSA) is 45.2 Å². The Morgan fingerprint density at radius 3 is 3.05 bits per heavy atom. The fourth-order valence-corrected chi connectivity index (χ4v) is 3.54. The average Bonchev–Trinajstić information content (AvgIpc) is 2.43. The Bertz CT molecular complexity index is 497. The van der Waals surface area contributed by atoms with E-state index in [9.17, 15) is 4.79 Å². The molecule has 1 aliphatic heterocycles. The standard InChI is InChI=1S/C14H20ClN3OS/c1-4-16-13-7-11(12(15)8-17-13)14(19)18-5-6-20-10(3)9(18)2/h7-10H,4-6H2,1-3H3,(H,16,17). The molecule has 4 nitrogen and oxygen atoms in total. The van der Waals surface area contributed by atoms with Crippen molar-refractivity contribution in [2.45, 2.75) is 32.1 Å². The van der Waals surface area contributed by atoms with E-state index in [2.05, 4.69) is 24.1 Å². The minimum Gasteiger partial charge on any atom is -0.370 e. The second-order valence-electron chi connectivity index (χ2n) is 4.89. The highest BCUT2D eigenvalue weighted by atomic mass is 35.5. The summed E-state index contributed by atoms with van der Waals surface area (Å²) in [7, 11) is 0. The number of halogens is 1. The molecule has 1 amide bonds. The van der Waals surface area contributed by atoms with E-state index in [0.29, 0.717) is 21.7 Å². The molecule has 0 aromatic carbocycles. The lowest BCUT2D eigenvalue weighted by Crippen LogP contribution is -2.48. The highest BCUT2D eigenvalue weighted by molar-refractivity contribution is 8.00. The van der Waals surface area contributed by atoms with Gasteiger partial charge in [-0.1, -0.05) is 18.5 Å². The first-order valence-corrected chi connectivity index (χ1v) is 8.29. The molecule has 1 fully saturated rings. The van der Waals surface area contributed by atoms with E-state index >= 15 is 0 Å². The van der Waals surface area contributed by atoms with Gasteiger partial charge in [0.1, 0.15) is 5.82 Å². The number of pyridine rings is 1. The van der Waals surface area contributed by atoms with E-state index in [1.807, 2.05) is 23.6 Å². The van der Waals surface area contributed by atoms with Gasteiger partial charge in [0.15, 0.2) is 0 Å². The van der Waals surface area contributed by atoms with E-state index in [1.54, 1.807) is 12.3 Å². The zero-order valence-corrected chi connectivity index (χ0v) is 13.6. The lowest BCUT2D eigenvalue weighted by atomic mass is 10.1. The maximum absolute atomic E-state index is 12.7. The predicted molar refractivity (Wildman–Crippen MR) is 85.8 cm³/mol. The van der Waals surface area contributed by atoms with Crippen LogP contribution < -0.4 is 5.32 Å². The Labute approximate surface area is 129 Å². The summed E-state index contributed by atoms with van der Waals surface area (Å²) in [6.07, 6.45) is 1.54. The molecule has 0 saturated carbocycles. The van der Waals surface area contributed by atoms with Gasteiger partial charge in [-0.05, 0) is 19.9 Å². The van der Waals surface area contributed by atoms with E-state index in [4.69, 9.17) is 11.6 Å². The highest BCUT2D eigenvalue weighted by Gasteiger charge is 2.30. The molecule has 20 heavy (non-hydrogen) atoms. The lowest BCUT2D eigenvalue weighted by Gasteiger charge is -2.37. The Kier molecular flexibility index (Phi) is 5.16. The lowest BCUT2D eigenvalue weighted by molar-refractivity contribution is 0.0698. The minimum atomic E-state index is -0.00352. The smallest absolute Gasteiger partial charge is 0.255 e. The maximum Gasteiger partial charge on any atom is 0.255 e. The van der Waals surface area contributed by atoms with Crippen molar-refractivity contribution >= 4 is 35.1 Å². The number of carbonyl (C=O) groups excluding carboxylic acids is 1.